The number of amides is 1. The summed E-state index contributed by atoms with van der Waals surface area (Å²) in [5.41, 5.74) is 4.32. The monoisotopic (exact) mass is 350 g/mol. The highest BCUT2D eigenvalue weighted by molar-refractivity contribution is 6.42. The molecule has 0 unspecified atom stereocenters. The van der Waals surface area contributed by atoms with E-state index in [1.165, 1.54) is 6.07 Å². The predicted octanol–water partition coefficient (Wildman–Crippen LogP) is 3.88. The van der Waals surface area contributed by atoms with E-state index in [1.807, 2.05) is 12.1 Å². The Morgan fingerprint density at radius 3 is 2.57 bits per heavy atom. The number of nitrogens with one attached hydrogen (secondary N) is 1. The van der Waals surface area contributed by atoms with Crippen LogP contribution < -0.4 is 14.9 Å². The van der Waals surface area contributed by atoms with Crippen LogP contribution in [0.3, 0.4) is 0 Å². The van der Waals surface area contributed by atoms with E-state index >= 15 is 0 Å². The first-order chi connectivity index (χ1) is 11.0. The lowest BCUT2D eigenvalue weighted by Gasteiger charge is -2.05. The van der Waals surface area contributed by atoms with Gasteiger partial charge in [0.05, 0.1) is 15.8 Å². The first kappa shape index (κ1) is 15.6. The topological polar surface area (TPSA) is 59.9 Å². The lowest BCUT2D eigenvalue weighted by Crippen LogP contribution is -2.19. The van der Waals surface area contributed by atoms with Gasteiger partial charge in [-0.15, -0.1) is 0 Å². The molecule has 0 aliphatic carbocycles. The van der Waals surface area contributed by atoms with Gasteiger partial charge in [0.25, 0.3) is 5.91 Å². The Morgan fingerprint density at radius 2 is 1.78 bits per heavy atom. The number of carbonyl (C=O) groups is 1. The summed E-state index contributed by atoms with van der Waals surface area (Å²) >= 11 is 11.7. The van der Waals surface area contributed by atoms with Crippen LogP contribution in [0.2, 0.25) is 10.0 Å². The highest BCUT2D eigenvalue weighted by Crippen LogP contribution is 2.32. The maximum absolute atomic E-state index is 12.1. The molecule has 0 saturated heterocycles. The first-order valence-corrected chi connectivity index (χ1v) is 7.50. The van der Waals surface area contributed by atoms with Crippen LogP contribution in [0.5, 0.6) is 11.5 Å². The van der Waals surface area contributed by atoms with Gasteiger partial charge in [-0.1, -0.05) is 23.2 Å². The van der Waals surface area contributed by atoms with E-state index in [-0.39, 0.29) is 12.7 Å². The van der Waals surface area contributed by atoms with Gasteiger partial charge in [-0.05, 0) is 43.3 Å². The van der Waals surface area contributed by atoms with Crippen LogP contribution in [0.4, 0.5) is 0 Å². The fourth-order valence-corrected chi connectivity index (χ4v) is 2.32. The molecule has 1 aliphatic heterocycles. The first-order valence-electron chi connectivity index (χ1n) is 6.74. The summed E-state index contributed by atoms with van der Waals surface area (Å²) in [7, 11) is 0. The van der Waals surface area contributed by atoms with E-state index in [2.05, 4.69) is 10.5 Å². The Bertz CT molecular complexity index is 806. The van der Waals surface area contributed by atoms with Gasteiger partial charge in [0.2, 0.25) is 6.79 Å². The summed E-state index contributed by atoms with van der Waals surface area (Å²) in [6.07, 6.45) is 0. The molecule has 0 fully saturated rings. The van der Waals surface area contributed by atoms with E-state index in [0.717, 1.165) is 5.56 Å². The number of hydrogen-bond acceptors (Lipinski definition) is 4. The third-order valence-corrected chi connectivity index (χ3v) is 4.04. The number of nitrogens with zero attached hydrogens (tertiary/aromatic N) is 1. The highest BCUT2D eigenvalue weighted by Gasteiger charge is 2.14. The predicted molar refractivity (Wildman–Crippen MR) is 88.7 cm³/mol. The van der Waals surface area contributed by atoms with Crippen LogP contribution in [0.25, 0.3) is 0 Å². The molecule has 0 spiro atoms. The fraction of sp³-hybridized carbons (Fsp3) is 0.125. The zero-order chi connectivity index (χ0) is 16.4. The van der Waals surface area contributed by atoms with Crippen LogP contribution in [-0.4, -0.2) is 18.4 Å². The number of benzene rings is 2. The largest absolute Gasteiger partial charge is 0.454 e. The summed E-state index contributed by atoms with van der Waals surface area (Å²) in [4.78, 5) is 12.1. The molecule has 2 aromatic rings. The van der Waals surface area contributed by atoms with Crippen LogP contribution in [0.15, 0.2) is 41.5 Å². The maximum atomic E-state index is 12.1. The fourth-order valence-electron chi connectivity index (χ4n) is 2.02. The number of fused-ring (bicyclic) bond motifs is 1. The van der Waals surface area contributed by atoms with Crippen molar-refractivity contribution < 1.29 is 14.3 Å². The van der Waals surface area contributed by atoms with Crippen molar-refractivity contribution in [2.45, 2.75) is 6.92 Å². The molecule has 2 aromatic carbocycles. The molecule has 23 heavy (non-hydrogen) atoms. The van der Waals surface area contributed by atoms with Crippen molar-refractivity contribution in [3.8, 4) is 11.5 Å². The lowest BCUT2D eigenvalue weighted by atomic mass is 10.1. The molecular weight excluding hydrogens is 339 g/mol. The second-order valence-electron chi connectivity index (χ2n) is 4.84. The second kappa shape index (κ2) is 6.48. The summed E-state index contributed by atoms with van der Waals surface area (Å²) in [5, 5.41) is 4.80. The van der Waals surface area contributed by atoms with Gasteiger partial charge in [-0.2, -0.15) is 5.10 Å². The van der Waals surface area contributed by atoms with Crippen molar-refractivity contribution in [2.24, 2.45) is 5.10 Å². The third-order valence-electron chi connectivity index (χ3n) is 3.30. The number of rotatable bonds is 3. The van der Waals surface area contributed by atoms with Gasteiger partial charge in [0.1, 0.15) is 0 Å². The standard InChI is InChI=1S/C16H12Cl2N2O3/c1-9(10-3-5-14-15(7-10)23-8-22-14)19-20-16(21)11-2-4-12(17)13(18)6-11/h2-7H,8H2,1H3,(H,20,21). The van der Waals surface area contributed by atoms with Gasteiger partial charge in [-0.25, -0.2) is 5.43 Å². The van der Waals surface area contributed by atoms with E-state index in [4.69, 9.17) is 32.7 Å². The normalized spacial score (nSPS) is 13.1. The zero-order valence-electron chi connectivity index (χ0n) is 12.1. The Morgan fingerprint density at radius 1 is 1.04 bits per heavy atom. The van der Waals surface area contributed by atoms with Gasteiger partial charge in [0, 0.05) is 11.1 Å². The molecule has 0 bridgehead atoms. The molecule has 1 amide bonds. The number of halogens is 2. The average Bonchev–Trinajstić information content (AvgIpc) is 3.02. The van der Waals surface area contributed by atoms with Gasteiger partial charge in [0.15, 0.2) is 11.5 Å². The average molecular weight is 351 g/mol. The number of ether oxygens (including phenoxy) is 2. The molecular formula is C16H12Cl2N2O3. The lowest BCUT2D eigenvalue weighted by molar-refractivity contribution is 0.0955. The molecule has 0 radical (unpaired) electrons. The van der Waals surface area contributed by atoms with E-state index in [1.54, 1.807) is 25.1 Å². The number of carbonyl (C=O) groups excluding carboxylic acids is 1. The van der Waals surface area contributed by atoms with Crippen molar-refractivity contribution >= 4 is 34.8 Å². The minimum absolute atomic E-state index is 0.211. The van der Waals surface area contributed by atoms with Gasteiger partial charge in [-0.3, -0.25) is 4.79 Å². The van der Waals surface area contributed by atoms with Crippen LogP contribution in [-0.2, 0) is 0 Å². The summed E-state index contributed by atoms with van der Waals surface area (Å²) in [6.45, 7) is 2.00. The molecule has 1 heterocycles. The SMILES string of the molecule is CC(=NNC(=O)c1ccc(Cl)c(Cl)c1)c1ccc2c(c1)OCO2. The molecule has 0 saturated carbocycles. The van der Waals surface area contributed by atoms with Crippen LogP contribution >= 0.6 is 23.2 Å². The van der Waals surface area contributed by atoms with Crippen molar-refractivity contribution in [3.05, 3.63) is 57.6 Å². The van der Waals surface area contributed by atoms with Gasteiger partial charge >= 0.3 is 0 Å². The number of hydrazone groups is 1. The Hall–Kier alpha value is -2.24. The molecule has 1 N–H and O–H groups in total. The minimum Gasteiger partial charge on any atom is -0.454 e. The van der Waals surface area contributed by atoms with Gasteiger partial charge < -0.3 is 9.47 Å². The quantitative estimate of drug-likeness (QED) is 0.674. The zero-order valence-corrected chi connectivity index (χ0v) is 13.6. The van der Waals surface area contributed by atoms with E-state index < -0.39 is 0 Å². The van der Waals surface area contributed by atoms with Crippen LogP contribution in [0, 0.1) is 0 Å². The highest BCUT2D eigenvalue weighted by atomic mass is 35.5. The number of hydrogen-bond donors (Lipinski definition) is 1. The molecule has 7 heteroatoms. The van der Waals surface area contributed by atoms with Crippen molar-refractivity contribution in [1.29, 1.82) is 0 Å². The Kier molecular flexibility index (Phi) is 4.41. The van der Waals surface area contributed by atoms with E-state index in [9.17, 15) is 4.79 Å². The molecule has 1 aliphatic rings. The van der Waals surface area contributed by atoms with Crippen molar-refractivity contribution in [2.75, 3.05) is 6.79 Å². The molecule has 0 atom stereocenters. The summed E-state index contributed by atoms with van der Waals surface area (Å²) < 4.78 is 10.6. The Labute approximate surface area is 142 Å². The van der Waals surface area contributed by atoms with Crippen molar-refractivity contribution in [3.63, 3.8) is 0 Å². The van der Waals surface area contributed by atoms with Crippen LogP contribution in [0.1, 0.15) is 22.8 Å². The molecule has 3 rings (SSSR count). The Balaban J connectivity index is 1.73. The second-order valence-corrected chi connectivity index (χ2v) is 5.65. The minimum atomic E-state index is -0.372. The smallest absolute Gasteiger partial charge is 0.271 e. The molecule has 0 aromatic heterocycles. The maximum Gasteiger partial charge on any atom is 0.271 e. The summed E-state index contributed by atoms with van der Waals surface area (Å²) in [5.74, 6) is 0.984. The summed E-state index contributed by atoms with van der Waals surface area (Å²) in [6, 6.07) is 10.1. The third kappa shape index (κ3) is 3.41. The van der Waals surface area contributed by atoms with Crippen molar-refractivity contribution in [1.82, 2.24) is 5.43 Å². The molecule has 5 nitrogen and oxygen atoms in total. The van der Waals surface area contributed by atoms with E-state index in [0.29, 0.717) is 32.8 Å². The molecule has 118 valence electrons.